The Bertz CT molecular complexity index is 334. The van der Waals surface area contributed by atoms with Crippen LogP contribution in [0.4, 0.5) is 5.82 Å². The molecule has 1 atom stereocenters. The van der Waals surface area contributed by atoms with Gasteiger partial charge in [0.15, 0.2) is 5.82 Å². The van der Waals surface area contributed by atoms with Crippen molar-refractivity contribution in [3.05, 3.63) is 17.8 Å². The summed E-state index contributed by atoms with van der Waals surface area (Å²) in [7, 11) is 1.63. The van der Waals surface area contributed by atoms with E-state index < -0.39 is 0 Å². The Morgan fingerprint density at radius 1 is 1.71 bits per heavy atom. The summed E-state index contributed by atoms with van der Waals surface area (Å²) in [5.41, 5.74) is 0.489. The van der Waals surface area contributed by atoms with Crippen LogP contribution in [0.25, 0.3) is 0 Å². The third-order valence-electron chi connectivity index (χ3n) is 1.64. The van der Waals surface area contributed by atoms with E-state index in [-0.39, 0.29) is 6.04 Å². The molecule has 74 valence electrons. The van der Waals surface area contributed by atoms with Gasteiger partial charge in [-0.15, -0.1) is 5.10 Å². The molecular formula is C9H12N4O. The van der Waals surface area contributed by atoms with Gasteiger partial charge in [-0.1, -0.05) is 0 Å². The van der Waals surface area contributed by atoms with E-state index in [0.29, 0.717) is 18.0 Å². The number of hydrogen-bond donors (Lipinski definition) is 1. The number of nitriles is 1. The van der Waals surface area contributed by atoms with E-state index in [1.54, 1.807) is 13.2 Å². The number of hydrogen-bond acceptors (Lipinski definition) is 5. The Morgan fingerprint density at radius 3 is 3.14 bits per heavy atom. The van der Waals surface area contributed by atoms with Gasteiger partial charge in [0.1, 0.15) is 6.07 Å². The second-order valence-electron chi connectivity index (χ2n) is 2.91. The molecule has 5 nitrogen and oxygen atoms in total. The number of nitrogens with one attached hydrogen (secondary N) is 1. The molecule has 5 heteroatoms. The lowest BCUT2D eigenvalue weighted by Gasteiger charge is -2.13. The van der Waals surface area contributed by atoms with E-state index >= 15 is 0 Å². The van der Waals surface area contributed by atoms with Crippen LogP contribution in [0.15, 0.2) is 12.3 Å². The average molecular weight is 192 g/mol. The van der Waals surface area contributed by atoms with Crippen molar-refractivity contribution < 1.29 is 4.74 Å². The summed E-state index contributed by atoms with van der Waals surface area (Å²) < 4.78 is 4.96. The summed E-state index contributed by atoms with van der Waals surface area (Å²) >= 11 is 0. The Morgan fingerprint density at radius 2 is 2.50 bits per heavy atom. The summed E-state index contributed by atoms with van der Waals surface area (Å²) in [6, 6.07) is 3.76. The fourth-order valence-corrected chi connectivity index (χ4v) is 1.05. The maximum Gasteiger partial charge on any atom is 0.166 e. The van der Waals surface area contributed by atoms with Gasteiger partial charge < -0.3 is 10.1 Å². The van der Waals surface area contributed by atoms with Crippen LogP contribution in [0.2, 0.25) is 0 Å². The molecule has 0 saturated heterocycles. The Hall–Kier alpha value is -1.67. The van der Waals surface area contributed by atoms with Gasteiger partial charge in [0, 0.05) is 13.2 Å². The van der Waals surface area contributed by atoms with Crippen molar-refractivity contribution in [2.24, 2.45) is 0 Å². The van der Waals surface area contributed by atoms with Crippen LogP contribution in [0, 0.1) is 11.3 Å². The molecule has 0 spiro atoms. The zero-order valence-electron chi connectivity index (χ0n) is 8.19. The van der Waals surface area contributed by atoms with E-state index in [9.17, 15) is 0 Å². The molecule has 1 heterocycles. The fourth-order valence-electron chi connectivity index (χ4n) is 1.05. The zero-order valence-corrected chi connectivity index (χ0v) is 8.19. The van der Waals surface area contributed by atoms with E-state index in [4.69, 9.17) is 10.00 Å². The minimum absolute atomic E-state index is 0.101. The van der Waals surface area contributed by atoms with Crippen LogP contribution in [-0.4, -0.2) is 30.0 Å². The molecule has 0 aliphatic rings. The first-order valence-electron chi connectivity index (χ1n) is 4.25. The first-order valence-corrected chi connectivity index (χ1v) is 4.25. The second kappa shape index (κ2) is 5.14. The molecule has 1 aromatic heterocycles. The molecule has 0 fully saturated rings. The van der Waals surface area contributed by atoms with Crippen molar-refractivity contribution in [1.82, 2.24) is 10.2 Å². The summed E-state index contributed by atoms with van der Waals surface area (Å²) in [5, 5.41) is 19.3. The van der Waals surface area contributed by atoms with Crippen LogP contribution in [-0.2, 0) is 4.74 Å². The quantitative estimate of drug-likeness (QED) is 0.763. The molecule has 0 aromatic carbocycles. The van der Waals surface area contributed by atoms with E-state index in [0.717, 1.165) is 0 Å². The van der Waals surface area contributed by atoms with E-state index in [2.05, 4.69) is 15.5 Å². The van der Waals surface area contributed by atoms with Crippen molar-refractivity contribution in [1.29, 1.82) is 5.26 Å². The smallest absolute Gasteiger partial charge is 0.166 e. The van der Waals surface area contributed by atoms with Crippen molar-refractivity contribution in [2.75, 3.05) is 19.0 Å². The molecular weight excluding hydrogens is 180 g/mol. The molecule has 0 amide bonds. The molecule has 1 N–H and O–H groups in total. The largest absolute Gasteiger partial charge is 0.383 e. The predicted octanol–water partition coefficient (Wildman–Crippen LogP) is 0.795. The van der Waals surface area contributed by atoms with Crippen LogP contribution in [0.5, 0.6) is 0 Å². The van der Waals surface area contributed by atoms with Gasteiger partial charge in [-0.05, 0) is 13.0 Å². The van der Waals surface area contributed by atoms with Gasteiger partial charge in [0.05, 0.1) is 18.4 Å². The Balaban J connectivity index is 2.71. The highest BCUT2D eigenvalue weighted by atomic mass is 16.5. The van der Waals surface area contributed by atoms with Crippen molar-refractivity contribution in [2.45, 2.75) is 13.0 Å². The predicted molar refractivity (Wildman–Crippen MR) is 51.7 cm³/mol. The van der Waals surface area contributed by atoms with Gasteiger partial charge in [-0.3, -0.25) is 0 Å². The Kier molecular flexibility index (Phi) is 3.83. The van der Waals surface area contributed by atoms with Gasteiger partial charge in [-0.2, -0.15) is 10.4 Å². The zero-order chi connectivity index (χ0) is 10.4. The second-order valence-corrected chi connectivity index (χ2v) is 2.91. The minimum Gasteiger partial charge on any atom is -0.383 e. The number of rotatable bonds is 4. The van der Waals surface area contributed by atoms with Crippen LogP contribution in [0.3, 0.4) is 0 Å². The highest BCUT2D eigenvalue weighted by Gasteiger charge is 2.06. The minimum atomic E-state index is 0.101. The van der Waals surface area contributed by atoms with Crippen molar-refractivity contribution in [3.63, 3.8) is 0 Å². The number of nitrogens with zero attached hydrogens (tertiary/aromatic N) is 3. The van der Waals surface area contributed by atoms with Gasteiger partial charge in [0.25, 0.3) is 0 Å². The lowest BCUT2D eigenvalue weighted by atomic mass is 10.3. The van der Waals surface area contributed by atoms with Crippen LogP contribution >= 0.6 is 0 Å². The molecule has 14 heavy (non-hydrogen) atoms. The summed E-state index contributed by atoms with van der Waals surface area (Å²) in [6.45, 7) is 2.50. The molecule has 1 unspecified atom stereocenters. The molecule has 0 aliphatic heterocycles. The number of ether oxygens (including phenoxy) is 1. The topological polar surface area (TPSA) is 70.8 Å². The lowest BCUT2D eigenvalue weighted by molar-refractivity contribution is 0.190. The SMILES string of the molecule is COCC(C)Nc1nnccc1C#N. The highest BCUT2D eigenvalue weighted by molar-refractivity contribution is 5.50. The fraction of sp³-hybridized carbons (Fsp3) is 0.444. The molecule has 0 aliphatic carbocycles. The lowest BCUT2D eigenvalue weighted by Crippen LogP contribution is -2.22. The maximum atomic E-state index is 8.77. The molecule has 1 rings (SSSR count). The highest BCUT2D eigenvalue weighted by Crippen LogP contribution is 2.09. The van der Waals surface area contributed by atoms with E-state index in [1.165, 1.54) is 6.20 Å². The molecule has 0 saturated carbocycles. The molecule has 0 radical (unpaired) electrons. The third kappa shape index (κ3) is 2.68. The van der Waals surface area contributed by atoms with Crippen molar-refractivity contribution >= 4 is 5.82 Å². The van der Waals surface area contributed by atoms with Gasteiger partial charge in [-0.25, -0.2) is 0 Å². The van der Waals surface area contributed by atoms with Crippen LogP contribution in [0.1, 0.15) is 12.5 Å². The van der Waals surface area contributed by atoms with Crippen LogP contribution < -0.4 is 5.32 Å². The molecule has 1 aromatic rings. The monoisotopic (exact) mass is 192 g/mol. The number of methoxy groups -OCH3 is 1. The Labute approximate surface area is 82.7 Å². The average Bonchev–Trinajstić information content (AvgIpc) is 2.19. The number of anilines is 1. The standard InChI is InChI=1S/C9H12N4O/c1-7(6-14-2)12-9-8(5-10)3-4-11-13-9/h3-4,7H,6H2,1-2H3,(H,12,13). The normalized spacial score (nSPS) is 11.8. The first kappa shape index (κ1) is 10.4. The van der Waals surface area contributed by atoms with Gasteiger partial charge in [0.2, 0.25) is 0 Å². The maximum absolute atomic E-state index is 8.77. The summed E-state index contributed by atoms with van der Waals surface area (Å²) in [5.74, 6) is 0.500. The summed E-state index contributed by atoms with van der Waals surface area (Å²) in [6.07, 6.45) is 1.49. The third-order valence-corrected chi connectivity index (χ3v) is 1.64. The number of aromatic nitrogens is 2. The first-order chi connectivity index (χ1) is 6.77. The van der Waals surface area contributed by atoms with Crippen molar-refractivity contribution in [3.8, 4) is 6.07 Å². The van der Waals surface area contributed by atoms with Gasteiger partial charge >= 0.3 is 0 Å². The summed E-state index contributed by atoms with van der Waals surface area (Å²) in [4.78, 5) is 0. The van der Waals surface area contributed by atoms with E-state index in [1.807, 2.05) is 13.0 Å². The molecule has 0 bridgehead atoms.